The predicted octanol–water partition coefficient (Wildman–Crippen LogP) is 4.35. The van der Waals surface area contributed by atoms with Crippen LogP contribution in [0.5, 0.6) is 11.5 Å². The summed E-state index contributed by atoms with van der Waals surface area (Å²) in [4.78, 5) is 40.1. The number of ketones is 1. The number of ether oxygens (including phenoxy) is 2. The van der Waals surface area contributed by atoms with E-state index in [4.69, 9.17) is 4.74 Å². The Labute approximate surface area is 206 Å². The van der Waals surface area contributed by atoms with Crippen LogP contribution >= 0.6 is 0 Å². The molecule has 1 fully saturated rings. The molecular formula is C26H25F2N3O5. The number of Topliss-reactive ketones (excluding diaryl/α,β-unsaturated/α-hetero) is 1. The number of amides is 3. The summed E-state index contributed by atoms with van der Waals surface area (Å²) in [7, 11) is 1.50. The number of aryl methyl sites for hydroxylation is 1. The Bertz CT molecular complexity index is 1340. The third-order valence-electron chi connectivity index (χ3n) is 6.28. The van der Waals surface area contributed by atoms with Crippen molar-refractivity contribution in [3.63, 3.8) is 0 Å². The van der Waals surface area contributed by atoms with Gasteiger partial charge in [-0.3, -0.25) is 14.5 Å². The molecule has 0 radical (unpaired) electrons. The molecule has 8 nitrogen and oxygen atoms in total. The van der Waals surface area contributed by atoms with Crippen LogP contribution in [-0.4, -0.2) is 47.5 Å². The summed E-state index contributed by atoms with van der Waals surface area (Å²) in [5, 5.41) is 2.69. The van der Waals surface area contributed by atoms with Gasteiger partial charge in [-0.2, -0.15) is 8.78 Å². The first-order valence-corrected chi connectivity index (χ1v) is 11.1. The second-order valence-electron chi connectivity index (χ2n) is 8.59. The van der Waals surface area contributed by atoms with Gasteiger partial charge in [0.15, 0.2) is 5.78 Å². The first kappa shape index (κ1) is 24.9. The van der Waals surface area contributed by atoms with E-state index in [-0.39, 0.29) is 5.75 Å². The van der Waals surface area contributed by atoms with Gasteiger partial charge in [-0.15, -0.1) is 0 Å². The lowest BCUT2D eigenvalue weighted by Crippen LogP contribution is -2.41. The van der Waals surface area contributed by atoms with Gasteiger partial charge in [0.2, 0.25) is 0 Å². The highest BCUT2D eigenvalue weighted by atomic mass is 19.3. The van der Waals surface area contributed by atoms with E-state index in [1.807, 2.05) is 0 Å². The number of carbonyl (C=O) groups excluding carboxylic acids is 3. The van der Waals surface area contributed by atoms with Crippen molar-refractivity contribution in [2.45, 2.75) is 32.9 Å². The third-order valence-corrected chi connectivity index (χ3v) is 6.28. The van der Waals surface area contributed by atoms with Crippen molar-refractivity contribution in [2.75, 3.05) is 13.7 Å². The quantitative estimate of drug-likeness (QED) is 0.369. The number of alkyl halides is 2. The second-order valence-corrected chi connectivity index (χ2v) is 8.59. The zero-order valence-corrected chi connectivity index (χ0v) is 20.2. The third kappa shape index (κ3) is 4.41. The van der Waals surface area contributed by atoms with Crippen molar-refractivity contribution in [3.8, 4) is 17.2 Å². The maximum absolute atomic E-state index is 13.3. The number of nitrogens with zero attached hydrogens (tertiary/aromatic N) is 2. The van der Waals surface area contributed by atoms with Crippen molar-refractivity contribution in [1.29, 1.82) is 0 Å². The molecule has 1 aromatic heterocycles. The van der Waals surface area contributed by atoms with E-state index in [1.54, 1.807) is 67.8 Å². The summed E-state index contributed by atoms with van der Waals surface area (Å²) in [5.41, 5.74) is 1.49. The van der Waals surface area contributed by atoms with Gasteiger partial charge in [-0.1, -0.05) is 12.1 Å². The maximum atomic E-state index is 13.3. The van der Waals surface area contributed by atoms with E-state index in [1.165, 1.54) is 19.2 Å². The summed E-state index contributed by atoms with van der Waals surface area (Å²) < 4.78 is 36.3. The highest BCUT2D eigenvalue weighted by Crippen LogP contribution is 2.31. The number of hydrogen-bond acceptors (Lipinski definition) is 5. The molecule has 2 heterocycles. The molecular weight excluding hydrogens is 472 g/mol. The van der Waals surface area contributed by atoms with Crippen LogP contribution in [0.3, 0.4) is 0 Å². The Morgan fingerprint density at radius 2 is 1.75 bits per heavy atom. The van der Waals surface area contributed by atoms with Crippen molar-refractivity contribution in [3.05, 3.63) is 77.1 Å². The SMILES string of the molecule is COc1cccc(C2(C)NC(=O)N(CC(=O)c3cc(C)n(-c4ccc(OC(F)F)cc4)c3C)C2=O)c1. The molecule has 0 bridgehead atoms. The summed E-state index contributed by atoms with van der Waals surface area (Å²) in [6, 6.07) is 13.8. The Morgan fingerprint density at radius 1 is 1.06 bits per heavy atom. The van der Waals surface area contributed by atoms with Crippen LogP contribution in [0, 0.1) is 13.8 Å². The maximum Gasteiger partial charge on any atom is 0.387 e. The average molecular weight is 497 g/mol. The molecule has 1 atom stereocenters. The summed E-state index contributed by atoms with van der Waals surface area (Å²) in [6.07, 6.45) is 0. The van der Waals surface area contributed by atoms with Gasteiger partial charge in [0, 0.05) is 22.6 Å². The molecule has 1 saturated heterocycles. The van der Waals surface area contributed by atoms with E-state index in [2.05, 4.69) is 10.1 Å². The van der Waals surface area contributed by atoms with Gasteiger partial charge in [0.1, 0.15) is 17.0 Å². The molecule has 1 unspecified atom stereocenters. The van der Waals surface area contributed by atoms with E-state index < -0.39 is 36.4 Å². The highest BCUT2D eigenvalue weighted by molar-refractivity contribution is 6.11. The number of hydrogen-bond donors (Lipinski definition) is 1. The number of methoxy groups -OCH3 is 1. The molecule has 1 aliphatic heterocycles. The van der Waals surface area contributed by atoms with Crippen LogP contribution in [0.4, 0.5) is 13.6 Å². The lowest BCUT2D eigenvalue weighted by Gasteiger charge is -2.22. The molecule has 188 valence electrons. The predicted molar refractivity (Wildman–Crippen MR) is 127 cm³/mol. The molecule has 0 aliphatic carbocycles. The number of carbonyl (C=O) groups is 3. The van der Waals surface area contributed by atoms with Crippen molar-refractivity contribution >= 4 is 17.7 Å². The van der Waals surface area contributed by atoms with E-state index in [0.29, 0.717) is 28.3 Å². The van der Waals surface area contributed by atoms with Crippen LogP contribution in [0.15, 0.2) is 54.6 Å². The van der Waals surface area contributed by atoms with Gasteiger partial charge < -0.3 is 19.4 Å². The van der Waals surface area contributed by atoms with Gasteiger partial charge in [0.25, 0.3) is 5.91 Å². The van der Waals surface area contributed by atoms with Gasteiger partial charge >= 0.3 is 12.6 Å². The van der Waals surface area contributed by atoms with E-state index in [0.717, 1.165) is 10.6 Å². The van der Waals surface area contributed by atoms with Gasteiger partial charge in [0.05, 0.1) is 13.7 Å². The van der Waals surface area contributed by atoms with Crippen LogP contribution in [0.25, 0.3) is 5.69 Å². The molecule has 0 spiro atoms. The van der Waals surface area contributed by atoms with Crippen molar-refractivity contribution in [2.24, 2.45) is 0 Å². The molecule has 4 rings (SSSR count). The molecule has 10 heteroatoms. The fourth-order valence-electron chi connectivity index (χ4n) is 4.42. The van der Waals surface area contributed by atoms with E-state index in [9.17, 15) is 23.2 Å². The number of halogens is 2. The molecule has 0 saturated carbocycles. The summed E-state index contributed by atoms with van der Waals surface area (Å²) in [5.74, 6) is -0.403. The minimum Gasteiger partial charge on any atom is -0.497 e. The zero-order valence-electron chi connectivity index (χ0n) is 20.2. The molecule has 2 aromatic carbocycles. The number of urea groups is 1. The number of aromatic nitrogens is 1. The highest BCUT2D eigenvalue weighted by Gasteiger charge is 2.49. The van der Waals surface area contributed by atoms with Crippen LogP contribution in [0.1, 0.15) is 34.2 Å². The van der Waals surface area contributed by atoms with Crippen molar-refractivity contribution < 1.29 is 32.6 Å². The Kier molecular flexibility index (Phi) is 6.53. The molecule has 1 aliphatic rings. The summed E-state index contributed by atoms with van der Waals surface area (Å²) in [6.45, 7) is 1.75. The lowest BCUT2D eigenvalue weighted by molar-refractivity contribution is -0.130. The number of imide groups is 1. The molecule has 3 aromatic rings. The first-order chi connectivity index (χ1) is 17.0. The standard InChI is InChI=1S/C26H25F2N3O5/c1-15-12-21(16(2)31(15)18-8-10-19(11-9-18)36-24(27)28)22(32)14-30-23(33)26(3,29-25(30)34)17-6-5-7-20(13-17)35-4/h5-13,24H,14H2,1-4H3,(H,29,34). The molecule has 36 heavy (non-hydrogen) atoms. The number of benzene rings is 2. The largest absolute Gasteiger partial charge is 0.497 e. The van der Waals surface area contributed by atoms with Crippen LogP contribution < -0.4 is 14.8 Å². The van der Waals surface area contributed by atoms with E-state index >= 15 is 0 Å². The Hall–Kier alpha value is -4.21. The second kappa shape index (κ2) is 9.44. The summed E-state index contributed by atoms with van der Waals surface area (Å²) >= 11 is 0. The van der Waals surface area contributed by atoms with Gasteiger partial charge in [-0.25, -0.2) is 4.79 Å². The van der Waals surface area contributed by atoms with Crippen LogP contribution in [0.2, 0.25) is 0 Å². The van der Waals surface area contributed by atoms with Gasteiger partial charge in [-0.05, 0) is 68.8 Å². The molecule has 3 amide bonds. The fraction of sp³-hybridized carbons (Fsp3) is 0.269. The minimum atomic E-state index is -2.92. The smallest absolute Gasteiger partial charge is 0.387 e. The normalized spacial score (nSPS) is 17.5. The lowest BCUT2D eigenvalue weighted by atomic mass is 9.92. The molecule has 1 N–H and O–H groups in total. The number of nitrogens with one attached hydrogen (secondary N) is 1. The monoisotopic (exact) mass is 497 g/mol. The average Bonchev–Trinajstić information content (AvgIpc) is 3.26. The van der Waals surface area contributed by atoms with Crippen LogP contribution in [-0.2, 0) is 10.3 Å². The number of rotatable bonds is 8. The minimum absolute atomic E-state index is 0.0187. The van der Waals surface area contributed by atoms with Crippen molar-refractivity contribution in [1.82, 2.24) is 14.8 Å². The zero-order chi connectivity index (χ0) is 26.2. The first-order valence-electron chi connectivity index (χ1n) is 11.1. The Balaban J connectivity index is 1.57. The fourth-order valence-corrected chi connectivity index (χ4v) is 4.42. The Morgan fingerprint density at radius 3 is 2.39 bits per heavy atom. The topological polar surface area (TPSA) is 89.9 Å².